The van der Waals surface area contributed by atoms with E-state index in [1.165, 1.54) is 0 Å². The molecule has 2 N–H and O–H groups in total. The topological polar surface area (TPSA) is 71.9 Å². The molecule has 7 heteroatoms. The lowest BCUT2D eigenvalue weighted by Crippen LogP contribution is -2.19. The number of ether oxygens (including phenoxy) is 1. The van der Waals surface area contributed by atoms with Crippen molar-refractivity contribution in [2.24, 2.45) is 0 Å². The van der Waals surface area contributed by atoms with Crippen LogP contribution < -0.4 is 10.1 Å². The third-order valence-electron chi connectivity index (χ3n) is 4.75. The van der Waals surface area contributed by atoms with E-state index in [-0.39, 0.29) is 12.5 Å². The molecule has 156 valence electrons. The number of H-pyrrole nitrogens is 1. The van der Waals surface area contributed by atoms with Crippen LogP contribution in [0.2, 0.25) is 0 Å². The van der Waals surface area contributed by atoms with Crippen LogP contribution in [0.4, 0.5) is 5.69 Å². The number of aryl methyl sites for hydroxylation is 2. The first-order chi connectivity index (χ1) is 15.0. The SMILES string of the molecule is Cc1ccc(Oc2ccccc2NC(=O)Cn2c(-c3cccc(C)c3)n[nH]c2=S)cc1. The van der Waals surface area contributed by atoms with Crippen LogP contribution in [0.5, 0.6) is 11.5 Å². The minimum Gasteiger partial charge on any atom is -0.455 e. The Labute approximate surface area is 185 Å². The van der Waals surface area contributed by atoms with Gasteiger partial charge in [-0.3, -0.25) is 14.5 Å². The van der Waals surface area contributed by atoms with Crippen LogP contribution in [-0.2, 0) is 11.3 Å². The van der Waals surface area contributed by atoms with E-state index >= 15 is 0 Å². The molecule has 31 heavy (non-hydrogen) atoms. The molecule has 0 saturated carbocycles. The third kappa shape index (κ3) is 4.90. The van der Waals surface area contributed by atoms with E-state index < -0.39 is 0 Å². The molecule has 4 aromatic rings. The molecule has 0 aliphatic rings. The number of nitrogens with zero attached hydrogens (tertiary/aromatic N) is 2. The van der Waals surface area contributed by atoms with Gasteiger partial charge in [0.2, 0.25) is 5.91 Å². The summed E-state index contributed by atoms with van der Waals surface area (Å²) in [6.07, 6.45) is 0. The zero-order chi connectivity index (χ0) is 21.8. The fraction of sp³-hybridized carbons (Fsp3) is 0.125. The van der Waals surface area contributed by atoms with E-state index in [9.17, 15) is 4.79 Å². The zero-order valence-corrected chi connectivity index (χ0v) is 18.1. The molecule has 0 unspecified atom stereocenters. The maximum Gasteiger partial charge on any atom is 0.244 e. The maximum absolute atomic E-state index is 12.9. The van der Waals surface area contributed by atoms with Gasteiger partial charge in [0, 0.05) is 5.56 Å². The first-order valence-corrected chi connectivity index (χ1v) is 10.3. The molecule has 4 rings (SSSR count). The van der Waals surface area contributed by atoms with E-state index in [2.05, 4.69) is 15.5 Å². The van der Waals surface area contributed by atoms with Gasteiger partial charge in [0.15, 0.2) is 16.3 Å². The minimum atomic E-state index is -0.230. The first-order valence-electron chi connectivity index (χ1n) is 9.85. The Morgan fingerprint density at radius 3 is 2.58 bits per heavy atom. The van der Waals surface area contributed by atoms with E-state index in [0.29, 0.717) is 27.8 Å². The summed E-state index contributed by atoms with van der Waals surface area (Å²) in [5.41, 5.74) is 3.73. The van der Waals surface area contributed by atoms with Crippen molar-refractivity contribution in [3.8, 4) is 22.9 Å². The van der Waals surface area contributed by atoms with Crippen LogP contribution >= 0.6 is 12.2 Å². The number of benzene rings is 3. The first kappa shape index (κ1) is 20.6. The van der Waals surface area contributed by atoms with Crippen LogP contribution in [0.1, 0.15) is 11.1 Å². The summed E-state index contributed by atoms with van der Waals surface area (Å²) in [4.78, 5) is 12.9. The Morgan fingerprint density at radius 2 is 1.81 bits per heavy atom. The molecular weight excluding hydrogens is 408 g/mol. The Balaban J connectivity index is 1.54. The highest BCUT2D eigenvalue weighted by atomic mass is 32.1. The van der Waals surface area contributed by atoms with E-state index in [0.717, 1.165) is 16.7 Å². The summed E-state index contributed by atoms with van der Waals surface area (Å²) in [5.74, 6) is 1.65. The second kappa shape index (κ2) is 8.97. The number of hydrogen-bond donors (Lipinski definition) is 2. The number of nitrogens with one attached hydrogen (secondary N) is 2. The second-order valence-corrected chi connectivity index (χ2v) is 7.65. The fourth-order valence-corrected chi connectivity index (χ4v) is 3.39. The van der Waals surface area contributed by atoms with Gasteiger partial charge >= 0.3 is 0 Å². The van der Waals surface area contributed by atoms with Crippen LogP contribution in [0, 0.1) is 18.6 Å². The molecule has 1 aromatic heterocycles. The van der Waals surface area contributed by atoms with Crippen molar-refractivity contribution in [3.05, 3.63) is 88.7 Å². The molecule has 0 atom stereocenters. The highest BCUT2D eigenvalue weighted by Gasteiger charge is 2.14. The van der Waals surface area contributed by atoms with Crippen molar-refractivity contribution in [3.63, 3.8) is 0 Å². The largest absolute Gasteiger partial charge is 0.455 e. The minimum absolute atomic E-state index is 0.0253. The van der Waals surface area contributed by atoms with Crippen molar-refractivity contribution in [1.29, 1.82) is 0 Å². The number of rotatable bonds is 6. The molecule has 0 aliphatic heterocycles. The standard InChI is InChI=1S/C24H22N4O2S/c1-16-10-12-19(13-11-16)30-21-9-4-3-8-20(21)25-22(29)15-28-23(26-27-24(28)31)18-7-5-6-17(2)14-18/h3-14H,15H2,1-2H3,(H,25,29)(H,27,31). The van der Waals surface area contributed by atoms with Gasteiger partial charge in [0.1, 0.15) is 12.3 Å². The molecule has 1 amide bonds. The van der Waals surface area contributed by atoms with Crippen molar-refractivity contribution in [2.45, 2.75) is 20.4 Å². The molecule has 6 nitrogen and oxygen atoms in total. The van der Waals surface area contributed by atoms with Crippen LogP contribution in [0.15, 0.2) is 72.8 Å². The van der Waals surface area contributed by atoms with Crippen molar-refractivity contribution < 1.29 is 9.53 Å². The molecular formula is C24H22N4O2S. The van der Waals surface area contributed by atoms with Crippen molar-refractivity contribution >= 4 is 23.8 Å². The van der Waals surface area contributed by atoms with Crippen LogP contribution in [0.25, 0.3) is 11.4 Å². The lowest BCUT2D eigenvalue weighted by Gasteiger charge is -2.13. The van der Waals surface area contributed by atoms with Gasteiger partial charge in [-0.2, -0.15) is 5.10 Å². The van der Waals surface area contributed by atoms with Gasteiger partial charge in [0.05, 0.1) is 5.69 Å². The van der Waals surface area contributed by atoms with Gasteiger partial charge in [-0.05, 0) is 56.4 Å². The van der Waals surface area contributed by atoms with E-state index in [1.54, 1.807) is 10.6 Å². The molecule has 0 spiro atoms. The molecule has 0 saturated heterocycles. The number of para-hydroxylation sites is 2. The summed E-state index contributed by atoms with van der Waals surface area (Å²) in [7, 11) is 0. The lowest BCUT2D eigenvalue weighted by molar-refractivity contribution is -0.116. The van der Waals surface area contributed by atoms with Crippen LogP contribution in [-0.4, -0.2) is 20.7 Å². The number of aromatic nitrogens is 3. The smallest absolute Gasteiger partial charge is 0.244 e. The number of carbonyl (C=O) groups is 1. The van der Waals surface area contributed by atoms with Gasteiger partial charge in [-0.1, -0.05) is 53.6 Å². The zero-order valence-electron chi connectivity index (χ0n) is 17.3. The lowest BCUT2D eigenvalue weighted by atomic mass is 10.1. The van der Waals surface area contributed by atoms with Gasteiger partial charge in [0.25, 0.3) is 0 Å². The molecule has 3 aromatic carbocycles. The number of amides is 1. The highest BCUT2D eigenvalue weighted by Crippen LogP contribution is 2.29. The quantitative estimate of drug-likeness (QED) is 0.388. The highest BCUT2D eigenvalue weighted by molar-refractivity contribution is 7.71. The number of hydrogen-bond acceptors (Lipinski definition) is 4. The summed E-state index contributed by atoms with van der Waals surface area (Å²) < 4.78 is 8.04. The summed E-state index contributed by atoms with van der Waals surface area (Å²) in [6.45, 7) is 4.05. The molecule has 1 heterocycles. The van der Waals surface area contributed by atoms with Gasteiger partial charge in [-0.25, -0.2) is 0 Å². The Bertz CT molecular complexity index is 1280. The maximum atomic E-state index is 12.9. The normalized spacial score (nSPS) is 10.6. The second-order valence-electron chi connectivity index (χ2n) is 7.27. The molecule has 0 aliphatic carbocycles. The Hall–Kier alpha value is -3.71. The third-order valence-corrected chi connectivity index (χ3v) is 5.06. The van der Waals surface area contributed by atoms with Crippen molar-refractivity contribution in [1.82, 2.24) is 14.8 Å². The number of anilines is 1. The summed E-state index contributed by atoms with van der Waals surface area (Å²) >= 11 is 5.35. The molecule has 0 fully saturated rings. The Morgan fingerprint density at radius 1 is 1.03 bits per heavy atom. The Kier molecular flexibility index (Phi) is 5.95. The van der Waals surface area contributed by atoms with Crippen molar-refractivity contribution in [2.75, 3.05) is 5.32 Å². The fourth-order valence-electron chi connectivity index (χ4n) is 3.19. The van der Waals surface area contributed by atoms with Gasteiger partial charge in [-0.15, -0.1) is 0 Å². The summed E-state index contributed by atoms with van der Waals surface area (Å²) in [6, 6.07) is 23.0. The number of carbonyl (C=O) groups excluding carboxylic acids is 1. The number of aromatic amines is 1. The van der Waals surface area contributed by atoms with Gasteiger partial charge < -0.3 is 10.1 Å². The monoisotopic (exact) mass is 430 g/mol. The predicted octanol–water partition coefficient (Wildman–Crippen LogP) is 5.66. The average Bonchev–Trinajstić information content (AvgIpc) is 3.11. The van der Waals surface area contributed by atoms with Crippen LogP contribution in [0.3, 0.4) is 0 Å². The van der Waals surface area contributed by atoms with E-state index in [4.69, 9.17) is 17.0 Å². The molecule has 0 radical (unpaired) electrons. The van der Waals surface area contributed by atoms with E-state index in [1.807, 2.05) is 80.6 Å². The summed E-state index contributed by atoms with van der Waals surface area (Å²) in [5, 5.41) is 10.0. The average molecular weight is 431 g/mol. The predicted molar refractivity (Wildman–Crippen MR) is 124 cm³/mol. The molecule has 0 bridgehead atoms.